The molecule has 0 bridgehead atoms. The fraction of sp³-hybridized carbons (Fsp3) is 0.100. The third-order valence-electron chi connectivity index (χ3n) is 4.53. The monoisotopic (exact) mass is 394 g/mol. The molecule has 0 saturated carbocycles. The van der Waals surface area contributed by atoms with Gasteiger partial charge in [0.15, 0.2) is 0 Å². The highest BCUT2D eigenvalue weighted by atomic mass is 35.5. The van der Waals surface area contributed by atoms with E-state index >= 15 is 0 Å². The molecule has 0 fully saturated rings. The zero-order chi connectivity index (χ0) is 19.7. The predicted octanol–water partition coefficient (Wildman–Crippen LogP) is 3.42. The van der Waals surface area contributed by atoms with E-state index in [4.69, 9.17) is 16.7 Å². The van der Waals surface area contributed by atoms with Crippen molar-refractivity contribution in [3.63, 3.8) is 0 Å². The molecule has 28 heavy (non-hydrogen) atoms. The Labute approximate surface area is 165 Å². The van der Waals surface area contributed by atoms with E-state index in [9.17, 15) is 9.59 Å². The molecule has 2 aromatic carbocycles. The summed E-state index contributed by atoms with van der Waals surface area (Å²) < 4.78 is 0. The second-order valence-corrected chi connectivity index (χ2v) is 6.75. The Morgan fingerprint density at radius 2 is 2.04 bits per heavy atom. The number of rotatable bonds is 4. The number of carbonyl (C=O) groups excluding carboxylic acids is 1. The Balaban J connectivity index is 1.71. The molecule has 7 nitrogen and oxygen atoms in total. The topological polar surface area (TPSA) is 104 Å². The van der Waals surface area contributed by atoms with E-state index in [-0.39, 0.29) is 5.92 Å². The number of hydrogen-bond acceptors (Lipinski definition) is 5. The van der Waals surface area contributed by atoms with Crippen molar-refractivity contribution in [1.82, 2.24) is 9.97 Å². The third-order valence-corrected chi connectivity index (χ3v) is 4.76. The van der Waals surface area contributed by atoms with Crippen LogP contribution in [0, 0.1) is 0 Å². The first-order chi connectivity index (χ1) is 13.5. The van der Waals surface area contributed by atoms with Crippen LogP contribution in [0.5, 0.6) is 0 Å². The number of carboxylic acids is 1. The number of carboxylic acid groups (broad SMARTS) is 1. The molecule has 0 spiro atoms. The third kappa shape index (κ3) is 3.52. The van der Waals surface area contributed by atoms with Crippen LogP contribution in [0.15, 0.2) is 54.9 Å². The lowest BCUT2D eigenvalue weighted by Gasteiger charge is -2.13. The molecular weight excluding hydrogens is 380 g/mol. The van der Waals surface area contributed by atoms with Crippen LogP contribution in [-0.4, -0.2) is 33.5 Å². The first-order valence-corrected chi connectivity index (χ1v) is 8.89. The Morgan fingerprint density at radius 3 is 2.86 bits per heavy atom. The second-order valence-electron chi connectivity index (χ2n) is 6.32. The second kappa shape index (κ2) is 7.28. The van der Waals surface area contributed by atoms with E-state index < -0.39 is 11.9 Å². The molecule has 1 aliphatic rings. The van der Waals surface area contributed by atoms with Crippen molar-refractivity contribution < 1.29 is 14.7 Å². The highest BCUT2D eigenvalue weighted by molar-refractivity contribution is 6.30. The van der Waals surface area contributed by atoms with Gasteiger partial charge in [-0.3, -0.25) is 4.79 Å². The smallest absolute Gasteiger partial charge is 0.328 e. The summed E-state index contributed by atoms with van der Waals surface area (Å²) in [5.74, 6) is -1.69. The van der Waals surface area contributed by atoms with Gasteiger partial charge in [-0.2, -0.15) is 0 Å². The van der Waals surface area contributed by atoms with Gasteiger partial charge in [-0.25, -0.2) is 14.8 Å². The van der Waals surface area contributed by atoms with Gasteiger partial charge in [-0.15, -0.1) is 0 Å². The Hall–Kier alpha value is -3.45. The maximum Gasteiger partial charge on any atom is 0.328 e. The van der Waals surface area contributed by atoms with E-state index in [0.29, 0.717) is 17.3 Å². The van der Waals surface area contributed by atoms with Gasteiger partial charge < -0.3 is 15.7 Å². The van der Waals surface area contributed by atoms with Gasteiger partial charge >= 0.3 is 5.97 Å². The average molecular weight is 395 g/mol. The average Bonchev–Trinajstić information content (AvgIpc) is 3.08. The van der Waals surface area contributed by atoms with Gasteiger partial charge in [0, 0.05) is 46.4 Å². The standard InChI is InChI=1S/C20H15ClN4O3/c21-11-1-3-13-15(9-22-17(13)7-11)20-14-8-12(2-4-16(14)23-10-24-20)25-18(26)5-6-19(27)28/h1-8,10,15,22H,9H2,(H,25,26)(H,27,28). The molecule has 1 aliphatic heterocycles. The van der Waals surface area contributed by atoms with Gasteiger partial charge in [0.05, 0.1) is 11.2 Å². The van der Waals surface area contributed by atoms with Crippen LogP contribution in [0.1, 0.15) is 17.2 Å². The number of anilines is 2. The largest absolute Gasteiger partial charge is 0.478 e. The minimum atomic E-state index is -1.18. The van der Waals surface area contributed by atoms with Crippen molar-refractivity contribution in [2.24, 2.45) is 0 Å². The molecule has 2 heterocycles. The fourth-order valence-electron chi connectivity index (χ4n) is 3.31. The van der Waals surface area contributed by atoms with Crippen molar-refractivity contribution in [2.45, 2.75) is 5.92 Å². The molecule has 0 radical (unpaired) electrons. The van der Waals surface area contributed by atoms with Crippen LogP contribution in [0.25, 0.3) is 10.9 Å². The quantitative estimate of drug-likeness (QED) is 0.586. The number of carbonyl (C=O) groups is 2. The summed E-state index contributed by atoms with van der Waals surface area (Å²) in [5.41, 5.74) is 4.21. The zero-order valence-corrected chi connectivity index (χ0v) is 15.3. The number of amides is 1. The molecule has 140 valence electrons. The number of nitrogens with one attached hydrogen (secondary N) is 2. The van der Waals surface area contributed by atoms with Gasteiger partial charge in [0.1, 0.15) is 6.33 Å². The van der Waals surface area contributed by atoms with E-state index in [1.807, 2.05) is 18.2 Å². The number of benzene rings is 2. The van der Waals surface area contributed by atoms with Gasteiger partial charge in [0.25, 0.3) is 0 Å². The Morgan fingerprint density at radius 1 is 1.18 bits per heavy atom. The van der Waals surface area contributed by atoms with Crippen LogP contribution < -0.4 is 10.6 Å². The van der Waals surface area contributed by atoms with Gasteiger partial charge in [-0.1, -0.05) is 17.7 Å². The van der Waals surface area contributed by atoms with Gasteiger partial charge in [-0.05, 0) is 35.9 Å². The molecular formula is C20H15ClN4O3. The molecule has 0 saturated heterocycles. The maximum atomic E-state index is 11.9. The minimum absolute atomic E-state index is 0.0237. The Bertz CT molecular complexity index is 1130. The molecule has 1 unspecified atom stereocenters. The summed E-state index contributed by atoms with van der Waals surface area (Å²) >= 11 is 6.08. The molecule has 3 N–H and O–H groups in total. The number of fused-ring (bicyclic) bond motifs is 2. The molecule has 0 aliphatic carbocycles. The van der Waals surface area contributed by atoms with E-state index in [0.717, 1.165) is 40.0 Å². The minimum Gasteiger partial charge on any atom is -0.478 e. The van der Waals surface area contributed by atoms with Crippen molar-refractivity contribution in [3.05, 3.63) is 71.2 Å². The van der Waals surface area contributed by atoms with Crippen LogP contribution in [0.4, 0.5) is 11.4 Å². The lowest BCUT2D eigenvalue weighted by molar-refractivity contribution is -0.131. The number of hydrogen-bond donors (Lipinski definition) is 3. The lowest BCUT2D eigenvalue weighted by Crippen LogP contribution is -2.10. The molecule has 3 aromatic rings. The number of aliphatic carboxylic acids is 1. The zero-order valence-electron chi connectivity index (χ0n) is 14.5. The summed E-state index contributed by atoms with van der Waals surface area (Å²) in [6.45, 7) is 0.680. The van der Waals surface area contributed by atoms with Crippen LogP contribution in [0.2, 0.25) is 5.02 Å². The first-order valence-electron chi connectivity index (χ1n) is 8.51. The first kappa shape index (κ1) is 17.9. The van der Waals surface area contributed by atoms with E-state index in [1.54, 1.807) is 18.2 Å². The summed E-state index contributed by atoms with van der Waals surface area (Å²) in [4.78, 5) is 31.2. The number of nitrogens with zero attached hydrogens (tertiary/aromatic N) is 2. The normalized spacial score (nSPS) is 15.4. The van der Waals surface area contributed by atoms with Crippen molar-refractivity contribution in [2.75, 3.05) is 17.2 Å². The van der Waals surface area contributed by atoms with Crippen molar-refractivity contribution in [3.8, 4) is 0 Å². The van der Waals surface area contributed by atoms with Crippen LogP contribution in [0.3, 0.4) is 0 Å². The van der Waals surface area contributed by atoms with Gasteiger partial charge in [0.2, 0.25) is 5.91 Å². The summed E-state index contributed by atoms with van der Waals surface area (Å²) in [7, 11) is 0. The van der Waals surface area contributed by atoms with Crippen molar-refractivity contribution in [1.29, 1.82) is 0 Å². The highest BCUT2D eigenvalue weighted by Crippen LogP contribution is 2.39. The molecule has 4 rings (SSSR count). The lowest BCUT2D eigenvalue weighted by atomic mass is 9.94. The predicted molar refractivity (Wildman–Crippen MR) is 107 cm³/mol. The Kier molecular flexibility index (Phi) is 4.67. The van der Waals surface area contributed by atoms with E-state index in [1.165, 1.54) is 6.33 Å². The van der Waals surface area contributed by atoms with E-state index in [2.05, 4.69) is 20.6 Å². The number of halogens is 1. The van der Waals surface area contributed by atoms with Crippen LogP contribution >= 0.6 is 11.6 Å². The summed E-state index contributed by atoms with van der Waals surface area (Å²) in [5, 5.41) is 16.1. The molecule has 1 amide bonds. The highest BCUT2D eigenvalue weighted by Gasteiger charge is 2.26. The molecule has 1 aromatic heterocycles. The fourth-order valence-corrected chi connectivity index (χ4v) is 3.49. The number of aromatic nitrogens is 2. The SMILES string of the molecule is O=C(O)C=CC(=O)Nc1ccc2ncnc(C3CNc4cc(Cl)ccc43)c2c1. The van der Waals surface area contributed by atoms with Crippen LogP contribution in [-0.2, 0) is 9.59 Å². The summed E-state index contributed by atoms with van der Waals surface area (Å²) in [6, 6.07) is 11.0. The molecule has 1 atom stereocenters. The summed E-state index contributed by atoms with van der Waals surface area (Å²) in [6.07, 6.45) is 3.28. The maximum absolute atomic E-state index is 11.9. The van der Waals surface area contributed by atoms with Crippen molar-refractivity contribution >= 4 is 45.8 Å². The molecule has 8 heteroatoms.